The van der Waals surface area contributed by atoms with Crippen molar-refractivity contribution < 1.29 is 34.1 Å². The van der Waals surface area contributed by atoms with E-state index in [0.717, 1.165) is 45.7 Å². The maximum atomic E-state index is 13.0. The van der Waals surface area contributed by atoms with Crippen molar-refractivity contribution in [1.82, 2.24) is 9.80 Å². The van der Waals surface area contributed by atoms with Crippen LogP contribution >= 0.6 is 0 Å². The van der Waals surface area contributed by atoms with E-state index in [0.29, 0.717) is 18.8 Å². The molecule has 210 valence electrons. The second-order valence-corrected chi connectivity index (χ2v) is 9.66. The fourth-order valence-corrected chi connectivity index (χ4v) is 5.15. The maximum Gasteiger partial charge on any atom is 0.410 e. The first kappa shape index (κ1) is 28.8. The molecular weight excluding hydrogens is 512 g/mol. The van der Waals surface area contributed by atoms with E-state index in [1.54, 1.807) is 0 Å². The van der Waals surface area contributed by atoms with Gasteiger partial charge >= 0.3 is 18.0 Å². The second-order valence-electron chi connectivity index (χ2n) is 9.66. The highest BCUT2D eigenvalue weighted by Gasteiger charge is 2.39. The molecule has 40 heavy (non-hydrogen) atoms. The molecule has 0 saturated carbocycles. The predicted octanol–water partition coefficient (Wildman–Crippen LogP) is 4.38. The van der Waals surface area contributed by atoms with Gasteiger partial charge in [-0.05, 0) is 34.7 Å². The molecule has 3 aromatic rings. The molecule has 1 amide bonds. The van der Waals surface area contributed by atoms with Gasteiger partial charge in [-0.15, -0.1) is 0 Å². The monoisotopic (exact) mass is 546 g/mol. The van der Waals surface area contributed by atoms with Crippen LogP contribution in [0.15, 0.2) is 84.9 Å². The van der Waals surface area contributed by atoms with Crippen LogP contribution in [0.25, 0.3) is 10.8 Å². The Hall–Kier alpha value is -4.21. The summed E-state index contributed by atoms with van der Waals surface area (Å²) in [5, 5.41) is 18.1. The molecule has 2 heterocycles. The molecule has 0 radical (unpaired) electrons. The van der Waals surface area contributed by atoms with Crippen molar-refractivity contribution in [2.24, 2.45) is 0 Å². The number of morpholine rings is 1. The first-order chi connectivity index (χ1) is 19.4. The third-order valence-corrected chi connectivity index (χ3v) is 7.05. The highest BCUT2D eigenvalue weighted by molar-refractivity contribution is 5.89. The van der Waals surface area contributed by atoms with E-state index in [9.17, 15) is 14.4 Å². The Morgan fingerprint density at radius 2 is 1.55 bits per heavy atom. The van der Waals surface area contributed by atoms with E-state index in [-0.39, 0.29) is 18.2 Å². The lowest BCUT2D eigenvalue weighted by Gasteiger charge is -2.34. The lowest BCUT2D eigenvalue weighted by atomic mass is 9.95. The molecule has 0 bridgehead atoms. The molecular formula is C31H34N2O7. The highest BCUT2D eigenvalue weighted by Crippen LogP contribution is 2.33. The normalized spacial score (nSPS) is 18.2. The number of hydrogen-bond acceptors (Lipinski definition) is 6. The Labute approximate surface area is 233 Å². The zero-order chi connectivity index (χ0) is 28.3. The van der Waals surface area contributed by atoms with Crippen LogP contribution < -0.4 is 0 Å². The number of ether oxygens (including phenoxy) is 2. The van der Waals surface area contributed by atoms with Crippen molar-refractivity contribution in [3.8, 4) is 0 Å². The predicted molar refractivity (Wildman–Crippen MR) is 150 cm³/mol. The number of cyclic esters (lactones) is 1. The van der Waals surface area contributed by atoms with Gasteiger partial charge in [0.05, 0.1) is 25.3 Å². The van der Waals surface area contributed by atoms with Gasteiger partial charge in [0.25, 0.3) is 0 Å². The van der Waals surface area contributed by atoms with Gasteiger partial charge in [-0.2, -0.15) is 0 Å². The molecule has 2 aliphatic heterocycles. The number of nitrogens with zero attached hydrogens (tertiary/aromatic N) is 2. The van der Waals surface area contributed by atoms with Gasteiger partial charge in [0.2, 0.25) is 0 Å². The van der Waals surface area contributed by atoms with Crippen molar-refractivity contribution in [3.05, 3.63) is 96.1 Å². The molecule has 2 N–H and O–H groups in total. The van der Waals surface area contributed by atoms with Gasteiger partial charge in [0.1, 0.15) is 6.61 Å². The first-order valence-electron chi connectivity index (χ1n) is 13.3. The van der Waals surface area contributed by atoms with Gasteiger partial charge in [0.15, 0.2) is 0 Å². The lowest BCUT2D eigenvalue weighted by molar-refractivity contribution is -0.134. The molecule has 2 unspecified atom stereocenters. The standard InChI is InChI=1S/C27H30N2O3.C4H4O4/c30-27-29(24(20-32-27)19-23-11-6-10-21-7-4-5-12-25(21)23)26(22-8-2-1-3-9-22)13-14-28-15-17-31-18-16-28;5-3(6)1-2-4(7)8/h1-12,24,26H,13-20H2;1-2H,(H,5,6)(H,7,8)/b;2-1+. The fraction of sp³-hybridized carbons (Fsp3) is 0.323. The zero-order valence-corrected chi connectivity index (χ0v) is 22.2. The van der Waals surface area contributed by atoms with Gasteiger partial charge in [0, 0.05) is 31.8 Å². The number of amides is 1. The number of benzene rings is 3. The van der Waals surface area contributed by atoms with E-state index in [1.807, 2.05) is 11.0 Å². The van der Waals surface area contributed by atoms with E-state index in [1.165, 1.54) is 21.9 Å². The van der Waals surface area contributed by atoms with Crippen LogP contribution in [0, 0.1) is 0 Å². The van der Waals surface area contributed by atoms with Crippen LogP contribution in [0.3, 0.4) is 0 Å². The molecule has 0 spiro atoms. The van der Waals surface area contributed by atoms with Gasteiger partial charge in [-0.3, -0.25) is 9.80 Å². The molecule has 0 aromatic heterocycles. The van der Waals surface area contributed by atoms with E-state index in [4.69, 9.17) is 19.7 Å². The molecule has 2 fully saturated rings. The van der Waals surface area contributed by atoms with Crippen molar-refractivity contribution >= 4 is 28.8 Å². The minimum atomic E-state index is -1.26. The third kappa shape index (κ3) is 7.91. The Bertz CT molecular complexity index is 1300. The maximum absolute atomic E-state index is 13.0. The molecule has 9 nitrogen and oxygen atoms in total. The van der Waals surface area contributed by atoms with Crippen LogP contribution in [-0.4, -0.2) is 83.5 Å². The van der Waals surface area contributed by atoms with Crippen molar-refractivity contribution in [2.45, 2.75) is 24.9 Å². The molecule has 3 aromatic carbocycles. The summed E-state index contributed by atoms with van der Waals surface area (Å²) in [7, 11) is 0. The van der Waals surface area contributed by atoms with Crippen molar-refractivity contribution in [1.29, 1.82) is 0 Å². The summed E-state index contributed by atoms with van der Waals surface area (Å²) in [5.74, 6) is -2.51. The first-order valence-corrected chi connectivity index (χ1v) is 13.3. The largest absolute Gasteiger partial charge is 0.478 e. The number of carbonyl (C=O) groups excluding carboxylic acids is 1. The topological polar surface area (TPSA) is 117 Å². The van der Waals surface area contributed by atoms with Gasteiger partial charge in [-0.25, -0.2) is 14.4 Å². The van der Waals surface area contributed by atoms with Crippen LogP contribution in [0.5, 0.6) is 0 Å². The number of aliphatic carboxylic acids is 2. The summed E-state index contributed by atoms with van der Waals surface area (Å²) in [5.41, 5.74) is 2.43. The Balaban J connectivity index is 0.000000406. The van der Waals surface area contributed by atoms with Crippen LogP contribution in [0.1, 0.15) is 23.6 Å². The Morgan fingerprint density at radius 1 is 0.900 bits per heavy atom. The smallest absolute Gasteiger partial charge is 0.410 e. The molecule has 5 rings (SSSR count). The zero-order valence-electron chi connectivity index (χ0n) is 22.2. The molecule has 0 aliphatic carbocycles. The lowest BCUT2D eigenvalue weighted by Crippen LogP contribution is -2.42. The van der Waals surface area contributed by atoms with Crippen LogP contribution in [-0.2, 0) is 25.5 Å². The summed E-state index contributed by atoms with van der Waals surface area (Å²) < 4.78 is 11.1. The van der Waals surface area contributed by atoms with E-state index < -0.39 is 11.9 Å². The number of carboxylic acids is 2. The number of carboxylic acid groups (broad SMARTS) is 2. The van der Waals surface area contributed by atoms with Crippen molar-refractivity contribution in [2.75, 3.05) is 39.5 Å². The number of rotatable bonds is 9. The summed E-state index contributed by atoms with van der Waals surface area (Å²) >= 11 is 0. The molecule has 2 aliphatic rings. The summed E-state index contributed by atoms with van der Waals surface area (Å²) in [6.07, 6.45) is 2.58. The summed E-state index contributed by atoms with van der Waals surface area (Å²) in [4.78, 5) is 36.5. The average Bonchev–Trinajstić information content (AvgIpc) is 3.33. The molecule has 2 atom stereocenters. The Morgan fingerprint density at radius 3 is 2.25 bits per heavy atom. The second kappa shape index (κ2) is 14.3. The third-order valence-electron chi connectivity index (χ3n) is 7.05. The van der Waals surface area contributed by atoms with Crippen LogP contribution in [0.4, 0.5) is 4.79 Å². The number of fused-ring (bicyclic) bond motifs is 1. The van der Waals surface area contributed by atoms with E-state index >= 15 is 0 Å². The van der Waals surface area contributed by atoms with Crippen molar-refractivity contribution in [3.63, 3.8) is 0 Å². The molecule has 9 heteroatoms. The van der Waals surface area contributed by atoms with E-state index in [2.05, 4.69) is 71.6 Å². The number of carbonyl (C=O) groups is 3. The SMILES string of the molecule is O=C(O)/C=C/C(=O)O.O=C1OCC(Cc2cccc3ccccc23)N1C(CCN1CCOCC1)c1ccccc1. The average molecular weight is 547 g/mol. The Kier molecular flexibility index (Phi) is 10.3. The van der Waals surface area contributed by atoms with Gasteiger partial charge in [-0.1, -0.05) is 72.8 Å². The quantitative estimate of drug-likeness (QED) is 0.380. The fourth-order valence-electron chi connectivity index (χ4n) is 5.15. The summed E-state index contributed by atoms with van der Waals surface area (Å²) in [6, 6.07) is 25.3. The minimum absolute atomic E-state index is 0.00554. The minimum Gasteiger partial charge on any atom is -0.478 e. The summed E-state index contributed by atoms with van der Waals surface area (Å²) in [6.45, 7) is 4.84. The van der Waals surface area contributed by atoms with Gasteiger partial charge < -0.3 is 19.7 Å². The molecule has 2 saturated heterocycles. The van der Waals surface area contributed by atoms with Crippen LogP contribution in [0.2, 0.25) is 0 Å². The number of hydrogen-bond donors (Lipinski definition) is 2. The highest BCUT2D eigenvalue weighted by atomic mass is 16.6.